The van der Waals surface area contributed by atoms with Crippen molar-refractivity contribution in [3.63, 3.8) is 0 Å². The maximum absolute atomic E-state index is 12.8. The smallest absolute Gasteiger partial charge is 0.302 e. The lowest BCUT2D eigenvalue weighted by Crippen LogP contribution is -2.47. The van der Waals surface area contributed by atoms with Crippen LogP contribution in [-0.2, 0) is 0 Å². The van der Waals surface area contributed by atoms with Crippen molar-refractivity contribution in [1.82, 2.24) is 19.8 Å². The van der Waals surface area contributed by atoms with Gasteiger partial charge in [0.15, 0.2) is 10.7 Å². The highest BCUT2D eigenvalue weighted by molar-refractivity contribution is 7.22. The molecule has 0 spiro atoms. The van der Waals surface area contributed by atoms with Gasteiger partial charge in [0.25, 0.3) is 5.91 Å². The van der Waals surface area contributed by atoms with Crippen LogP contribution in [-0.4, -0.2) is 58.9 Å². The van der Waals surface area contributed by atoms with E-state index in [9.17, 15) is 4.79 Å². The third-order valence-electron chi connectivity index (χ3n) is 4.99. The van der Waals surface area contributed by atoms with E-state index < -0.39 is 0 Å². The summed E-state index contributed by atoms with van der Waals surface area (Å²) in [5, 5.41) is 4.37. The van der Waals surface area contributed by atoms with Gasteiger partial charge in [0.05, 0.1) is 10.2 Å². The lowest BCUT2D eigenvalue weighted by atomic mass is 10.1. The molecule has 1 fully saturated rings. The third kappa shape index (κ3) is 3.66. The number of amides is 1. The molecular formula is C20H18ClN5O2S. The summed E-state index contributed by atoms with van der Waals surface area (Å²) in [6.45, 7) is 3.31. The van der Waals surface area contributed by atoms with E-state index in [1.165, 1.54) is 11.3 Å². The summed E-state index contributed by atoms with van der Waals surface area (Å²) >= 11 is 7.46. The molecule has 0 saturated carbocycles. The molecule has 29 heavy (non-hydrogen) atoms. The van der Waals surface area contributed by atoms with Crippen molar-refractivity contribution >= 4 is 61.3 Å². The van der Waals surface area contributed by atoms with E-state index in [0.29, 0.717) is 32.8 Å². The quantitative estimate of drug-likeness (QED) is 0.527. The fraction of sp³-hybridized carbons (Fsp3) is 0.250. The number of fused-ring (bicyclic) bond motifs is 2. The fourth-order valence-corrected chi connectivity index (χ4v) is 4.41. The first-order valence-corrected chi connectivity index (χ1v) is 10.5. The first kappa shape index (κ1) is 18.4. The summed E-state index contributed by atoms with van der Waals surface area (Å²) in [5.74, 6) is 0.0683. The van der Waals surface area contributed by atoms with E-state index in [1.54, 1.807) is 18.2 Å². The minimum absolute atomic E-state index is 0.0683. The zero-order valence-corrected chi connectivity index (χ0v) is 17.3. The average Bonchev–Trinajstić information content (AvgIpc) is 3.29. The molecule has 1 amide bonds. The number of oxazole rings is 1. The minimum atomic E-state index is 0.0683. The molecule has 0 aliphatic carbocycles. The van der Waals surface area contributed by atoms with Gasteiger partial charge in [-0.3, -0.25) is 10.1 Å². The van der Waals surface area contributed by atoms with Crippen molar-refractivity contribution < 1.29 is 9.21 Å². The van der Waals surface area contributed by atoms with E-state index in [4.69, 9.17) is 16.0 Å². The number of piperazine rings is 1. The van der Waals surface area contributed by atoms with Gasteiger partial charge < -0.3 is 14.2 Å². The Morgan fingerprint density at radius 3 is 2.76 bits per heavy atom. The first-order valence-electron chi connectivity index (χ1n) is 9.27. The number of carbonyl (C=O) groups is 1. The Bertz CT molecular complexity index is 1210. The Labute approximate surface area is 175 Å². The van der Waals surface area contributed by atoms with Crippen LogP contribution in [0.25, 0.3) is 21.3 Å². The standard InChI is InChI=1S/C20H18ClN5O2S/c1-25-6-8-26(9-7-25)18(27)12-2-4-14-17(10-12)29-20(23-14)24-19-22-15-11-13(21)3-5-16(15)28-19/h2-5,10-11H,6-9H2,1H3,(H,22,23,24). The Kier molecular flexibility index (Phi) is 4.61. The maximum Gasteiger partial charge on any atom is 0.302 e. The molecule has 0 atom stereocenters. The molecule has 1 aliphatic heterocycles. The number of nitrogens with one attached hydrogen (secondary N) is 1. The number of aromatic nitrogens is 2. The number of carbonyl (C=O) groups excluding carboxylic acids is 1. The van der Waals surface area contributed by atoms with Crippen molar-refractivity contribution in [2.24, 2.45) is 0 Å². The van der Waals surface area contributed by atoms with Crippen molar-refractivity contribution in [2.45, 2.75) is 0 Å². The molecule has 1 N–H and O–H groups in total. The minimum Gasteiger partial charge on any atom is -0.423 e. The Morgan fingerprint density at radius 2 is 1.93 bits per heavy atom. The highest BCUT2D eigenvalue weighted by atomic mass is 35.5. The van der Waals surface area contributed by atoms with Gasteiger partial charge in [-0.25, -0.2) is 4.98 Å². The molecule has 7 nitrogen and oxygen atoms in total. The van der Waals surface area contributed by atoms with Crippen LogP contribution in [0.5, 0.6) is 0 Å². The van der Waals surface area contributed by atoms with Crippen LogP contribution in [0.15, 0.2) is 40.8 Å². The van der Waals surface area contributed by atoms with Gasteiger partial charge in [0.1, 0.15) is 5.52 Å². The van der Waals surface area contributed by atoms with Crippen LogP contribution in [0.4, 0.5) is 11.1 Å². The Balaban J connectivity index is 1.38. The summed E-state index contributed by atoms with van der Waals surface area (Å²) in [6.07, 6.45) is 0. The number of hydrogen-bond donors (Lipinski definition) is 1. The first-order chi connectivity index (χ1) is 14.0. The highest BCUT2D eigenvalue weighted by Gasteiger charge is 2.21. The monoisotopic (exact) mass is 427 g/mol. The van der Waals surface area contributed by atoms with Gasteiger partial charge in [-0.1, -0.05) is 22.9 Å². The van der Waals surface area contributed by atoms with Crippen LogP contribution in [0.3, 0.4) is 0 Å². The largest absolute Gasteiger partial charge is 0.423 e. The van der Waals surface area contributed by atoms with Crippen LogP contribution < -0.4 is 5.32 Å². The van der Waals surface area contributed by atoms with Gasteiger partial charge in [-0.05, 0) is 43.4 Å². The lowest BCUT2D eigenvalue weighted by molar-refractivity contribution is 0.0664. The highest BCUT2D eigenvalue weighted by Crippen LogP contribution is 2.31. The van der Waals surface area contributed by atoms with E-state index in [0.717, 1.165) is 36.4 Å². The molecule has 148 valence electrons. The summed E-state index contributed by atoms with van der Waals surface area (Å²) in [7, 11) is 2.07. The molecule has 3 heterocycles. The molecule has 2 aromatic carbocycles. The molecule has 4 aromatic rings. The molecule has 0 unspecified atom stereocenters. The molecule has 9 heteroatoms. The van der Waals surface area contributed by atoms with Gasteiger partial charge in [-0.15, -0.1) is 0 Å². The van der Waals surface area contributed by atoms with Crippen molar-refractivity contribution in [3.05, 3.63) is 47.0 Å². The van der Waals surface area contributed by atoms with Crippen molar-refractivity contribution in [1.29, 1.82) is 0 Å². The number of halogens is 1. The van der Waals surface area contributed by atoms with Crippen molar-refractivity contribution in [3.8, 4) is 0 Å². The number of rotatable bonds is 3. The summed E-state index contributed by atoms with van der Waals surface area (Å²) in [5.41, 5.74) is 2.85. The van der Waals surface area contributed by atoms with E-state index in [2.05, 4.69) is 27.2 Å². The van der Waals surface area contributed by atoms with Gasteiger partial charge in [0.2, 0.25) is 0 Å². The molecule has 1 aliphatic rings. The van der Waals surface area contributed by atoms with Gasteiger partial charge in [-0.2, -0.15) is 4.98 Å². The fourth-order valence-electron chi connectivity index (χ4n) is 3.35. The molecule has 2 aromatic heterocycles. The molecular weight excluding hydrogens is 410 g/mol. The number of hydrogen-bond acceptors (Lipinski definition) is 7. The van der Waals surface area contributed by atoms with E-state index in [-0.39, 0.29) is 5.91 Å². The molecule has 0 radical (unpaired) electrons. The van der Waals surface area contributed by atoms with Gasteiger partial charge in [0, 0.05) is 36.8 Å². The predicted octanol–water partition coefficient (Wildman–Crippen LogP) is 4.22. The maximum atomic E-state index is 12.8. The second-order valence-corrected chi connectivity index (χ2v) is 8.52. The predicted molar refractivity (Wildman–Crippen MR) is 115 cm³/mol. The zero-order valence-electron chi connectivity index (χ0n) is 15.7. The van der Waals surface area contributed by atoms with Gasteiger partial charge >= 0.3 is 6.01 Å². The second-order valence-electron chi connectivity index (χ2n) is 7.05. The van der Waals surface area contributed by atoms with Crippen molar-refractivity contribution in [2.75, 3.05) is 38.5 Å². The number of anilines is 2. The number of thiazole rings is 1. The third-order valence-corrected chi connectivity index (χ3v) is 6.16. The summed E-state index contributed by atoms with van der Waals surface area (Å²) in [4.78, 5) is 25.9. The van der Waals surface area contributed by atoms with Crippen LogP contribution in [0, 0.1) is 0 Å². The van der Waals surface area contributed by atoms with Crippen LogP contribution in [0.2, 0.25) is 5.02 Å². The van der Waals surface area contributed by atoms with Crippen LogP contribution in [0.1, 0.15) is 10.4 Å². The topological polar surface area (TPSA) is 74.5 Å². The number of nitrogens with zero attached hydrogens (tertiary/aromatic N) is 4. The normalized spacial score (nSPS) is 15.3. The van der Waals surface area contributed by atoms with Crippen LogP contribution >= 0.6 is 22.9 Å². The SMILES string of the molecule is CN1CCN(C(=O)c2ccc3nc(Nc4nc5cc(Cl)ccc5o4)sc3c2)CC1. The van der Waals surface area contributed by atoms with E-state index in [1.807, 2.05) is 23.1 Å². The molecule has 5 rings (SSSR count). The second kappa shape index (κ2) is 7.29. The molecule has 0 bridgehead atoms. The number of benzene rings is 2. The summed E-state index contributed by atoms with van der Waals surface area (Å²) in [6, 6.07) is 11.3. The zero-order chi connectivity index (χ0) is 20.0. The lowest BCUT2D eigenvalue weighted by Gasteiger charge is -2.32. The Morgan fingerprint density at radius 1 is 1.10 bits per heavy atom. The molecule has 1 saturated heterocycles. The summed E-state index contributed by atoms with van der Waals surface area (Å²) < 4.78 is 6.63. The van der Waals surface area contributed by atoms with E-state index >= 15 is 0 Å². The Hall–Kier alpha value is -2.68. The average molecular weight is 428 g/mol. The number of likely N-dealkylation sites (N-methyl/N-ethyl adjacent to an activating group) is 1.